The largest absolute Gasteiger partial charge is 0.396 e. The summed E-state index contributed by atoms with van der Waals surface area (Å²) in [4.78, 5) is 0. The lowest BCUT2D eigenvalue weighted by molar-refractivity contribution is 0.282. The standard InChI is InChI=1S/C20H26O/c21-17-10-6-4-2-1-3-5-7-12-18-14-11-15-19-13-8-9-16-20(18)19/h7-9,11-16,21H,1-6,10,17H2/b12-7+. The minimum atomic E-state index is 0.341. The minimum absolute atomic E-state index is 0.341. The maximum atomic E-state index is 8.71. The van der Waals surface area contributed by atoms with Crippen LogP contribution in [0.1, 0.15) is 50.5 Å². The Morgan fingerprint density at radius 1 is 0.762 bits per heavy atom. The van der Waals surface area contributed by atoms with Gasteiger partial charge >= 0.3 is 0 Å². The molecular weight excluding hydrogens is 256 g/mol. The van der Waals surface area contributed by atoms with Crippen molar-refractivity contribution in [2.75, 3.05) is 6.61 Å². The maximum absolute atomic E-state index is 8.71. The number of hydrogen-bond donors (Lipinski definition) is 1. The highest BCUT2D eigenvalue weighted by Crippen LogP contribution is 2.20. The zero-order valence-corrected chi connectivity index (χ0v) is 12.8. The van der Waals surface area contributed by atoms with Crippen LogP contribution in [0.5, 0.6) is 0 Å². The van der Waals surface area contributed by atoms with Crippen LogP contribution in [0, 0.1) is 0 Å². The molecule has 0 unspecified atom stereocenters. The van der Waals surface area contributed by atoms with E-state index in [0.717, 1.165) is 12.8 Å². The fourth-order valence-corrected chi connectivity index (χ4v) is 2.69. The van der Waals surface area contributed by atoms with Crippen LogP contribution in [-0.4, -0.2) is 11.7 Å². The molecule has 0 fully saturated rings. The Morgan fingerprint density at radius 2 is 1.48 bits per heavy atom. The number of aliphatic hydroxyl groups excluding tert-OH is 1. The zero-order chi connectivity index (χ0) is 14.8. The lowest BCUT2D eigenvalue weighted by Crippen LogP contribution is -1.83. The first kappa shape index (κ1) is 15.8. The minimum Gasteiger partial charge on any atom is -0.396 e. The maximum Gasteiger partial charge on any atom is 0.0431 e. The first-order valence-corrected chi connectivity index (χ1v) is 8.17. The average Bonchev–Trinajstić information content (AvgIpc) is 2.53. The third-order valence-corrected chi connectivity index (χ3v) is 3.90. The van der Waals surface area contributed by atoms with Gasteiger partial charge in [0, 0.05) is 6.61 Å². The van der Waals surface area contributed by atoms with Gasteiger partial charge < -0.3 is 5.11 Å². The van der Waals surface area contributed by atoms with E-state index in [2.05, 4.69) is 54.6 Å². The fraction of sp³-hybridized carbons (Fsp3) is 0.400. The lowest BCUT2D eigenvalue weighted by Gasteiger charge is -2.02. The molecule has 2 aromatic carbocycles. The molecule has 0 aromatic heterocycles. The first-order chi connectivity index (χ1) is 10.4. The quantitative estimate of drug-likeness (QED) is 0.596. The smallest absolute Gasteiger partial charge is 0.0431 e. The van der Waals surface area contributed by atoms with E-state index in [9.17, 15) is 0 Å². The molecule has 0 bridgehead atoms. The molecule has 112 valence electrons. The molecule has 1 heteroatoms. The molecule has 0 aliphatic carbocycles. The molecule has 2 rings (SSSR count). The van der Waals surface area contributed by atoms with Gasteiger partial charge in [0.25, 0.3) is 0 Å². The van der Waals surface area contributed by atoms with Crippen molar-refractivity contribution in [1.82, 2.24) is 0 Å². The summed E-state index contributed by atoms with van der Waals surface area (Å²) >= 11 is 0. The predicted octanol–water partition coefficient (Wildman–Crippen LogP) is 5.58. The second-order valence-corrected chi connectivity index (χ2v) is 5.60. The molecule has 0 saturated heterocycles. The number of hydrogen-bond acceptors (Lipinski definition) is 1. The summed E-state index contributed by atoms with van der Waals surface area (Å²) in [7, 11) is 0. The van der Waals surface area contributed by atoms with Crippen molar-refractivity contribution in [3.63, 3.8) is 0 Å². The third kappa shape index (κ3) is 5.35. The lowest BCUT2D eigenvalue weighted by atomic mass is 10.0. The van der Waals surface area contributed by atoms with Crippen molar-refractivity contribution >= 4 is 16.8 Å². The highest BCUT2D eigenvalue weighted by Gasteiger charge is 1.96. The molecule has 0 saturated carbocycles. The Bertz CT molecular complexity index is 551. The molecule has 0 atom stereocenters. The Hall–Kier alpha value is -1.60. The van der Waals surface area contributed by atoms with Crippen LogP contribution in [0.3, 0.4) is 0 Å². The Labute approximate surface area is 128 Å². The summed E-state index contributed by atoms with van der Waals surface area (Å²) in [5.41, 5.74) is 1.32. The van der Waals surface area contributed by atoms with Crippen molar-refractivity contribution < 1.29 is 5.11 Å². The predicted molar refractivity (Wildman–Crippen MR) is 92.4 cm³/mol. The van der Waals surface area contributed by atoms with Crippen LogP contribution in [0.2, 0.25) is 0 Å². The number of fused-ring (bicyclic) bond motifs is 1. The van der Waals surface area contributed by atoms with Crippen LogP contribution >= 0.6 is 0 Å². The van der Waals surface area contributed by atoms with E-state index in [4.69, 9.17) is 5.11 Å². The Balaban J connectivity index is 1.74. The highest BCUT2D eigenvalue weighted by molar-refractivity contribution is 5.90. The van der Waals surface area contributed by atoms with E-state index in [1.54, 1.807) is 0 Å². The normalized spacial score (nSPS) is 11.5. The van der Waals surface area contributed by atoms with Crippen LogP contribution in [0.15, 0.2) is 48.5 Å². The van der Waals surface area contributed by atoms with Gasteiger partial charge in [0.1, 0.15) is 0 Å². The molecule has 1 nitrogen and oxygen atoms in total. The summed E-state index contributed by atoms with van der Waals surface area (Å²) in [6, 6.07) is 15.0. The second kappa shape index (κ2) is 9.36. The topological polar surface area (TPSA) is 20.2 Å². The van der Waals surface area contributed by atoms with Gasteiger partial charge in [0.2, 0.25) is 0 Å². The Morgan fingerprint density at radius 3 is 2.33 bits per heavy atom. The number of benzene rings is 2. The molecule has 0 spiro atoms. The summed E-state index contributed by atoms with van der Waals surface area (Å²) in [6.07, 6.45) is 13.0. The van der Waals surface area contributed by atoms with Gasteiger partial charge in [-0.3, -0.25) is 0 Å². The summed E-state index contributed by atoms with van der Waals surface area (Å²) in [5.74, 6) is 0. The van der Waals surface area contributed by atoms with Gasteiger partial charge in [0.05, 0.1) is 0 Å². The number of unbranched alkanes of at least 4 members (excludes halogenated alkanes) is 6. The van der Waals surface area contributed by atoms with E-state index in [1.807, 2.05) is 0 Å². The molecule has 21 heavy (non-hydrogen) atoms. The number of allylic oxidation sites excluding steroid dienone is 1. The molecule has 1 N–H and O–H groups in total. The molecule has 0 heterocycles. The van der Waals surface area contributed by atoms with Gasteiger partial charge in [-0.05, 0) is 35.6 Å². The van der Waals surface area contributed by atoms with Gasteiger partial charge in [-0.25, -0.2) is 0 Å². The van der Waals surface area contributed by atoms with Gasteiger partial charge in [0.15, 0.2) is 0 Å². The molecular formula is C20H26O. The zero-order valence-electron chi connectivity index (χ0n) is 12.8. The van der Waals surface area contributed by atoms with Crippen molar-refractivity contribution in [2.24, 2.45) is 0 Å². The summed E-state index contributed by atoms with van der Waals surface area (Å²) in [6.45, 7) is 0.341. The third-order valence-electron chi connectivity index (χ3n) is 3.90. The molecule has 0 amide bonds. The molecule has 2 aromatic rings. The van der Waals surface area contributed by atoms with Gasteiger partial charge in [-0.1, -0.05) is 80.3 Å². The SMILES string of the molecule is OCCCCCCCC/C=C/c1cccc2ccccc12. The summed E-state index contributed by atoms with van der Waals surface area (Å²) < 4.78 is 0. The highest BCUT2D eigenvalue weighted by atomic mass is 16.2. The average molecular weight is 282 g/mol. The monoisotopic (exact) mass is 282 g/mol. The van der Waals surface area contributed by atoms with E-state index >= 15 is 0 Å². The van der Waals surface area contributed by atoms with Crippen molar-refractivity contribution in [3.8, 4) is 0 Å². The van der Waals surface area contributed by atoms with Crippen molar-refractivity contribution in [2.45, 2.75) is 44.9 Å². The van der Waals surface area contributed by atoms with E-state index in [1.165, 1.54) is 48.4 Å². The molecule has 0 aliphatic heterocycles. The van der Waals surface area contributed by atoms with E-state index in [0.29, 0.717) is 6.61 Å². The van der Waals surface area contributed by atoms with Crippen LogP contribution < -0.4 is 0 Å². The van der Waals surface area contributed by atoms with Crippen LogP contribution in [-0.2, 0) is 0 Å². The van der Waals surface area contributed by atoms with Gasteiger partial charge in [-0.15, -0.1) is 0 Å². The fourth-order valence-electron chi connectivity index (χ4n) is 2.69. The molecule has 0 aliphatic rings. The number of aliphatic hydroxyl groups is 1. The van der Waals surface area contributed by atoms with Crippen molar-refractivity contribution in [3.05, 3.63) is 54.1 Å². The van der Waals surface area contributed by atoms with Crippen molar-refractivity contribution in [1.29, 1.82) is 0 Å². The molecule has 0 radical (unpaired) electrons. The summed E-state index contributed by atoms with van der Waals surface area (Å²) in [5, 5.41) is 11.4. The second-order valence-electron chi connectivity index (χ2n) is 5.60. The Kier molecular flexibility index (Phi) is 7.03. The number of rotatable bonds is 9. The first-order valence-electron chi connectivity index (χ1n) is 8.17. The van der Waals surface area contributed by atoms with Crippen LogP contribution in [0.4, 0.5) is 0 Å². The van der Waals surface area contributed by atoms with E-state index in [-0.39, 0.29) is 0 Å². The van der Waals surface area contributed by atoms with Crippen LogP contribution in [0.25, 0.3) is 16.8 Å². The van der Waals surface area contributed by atoms with Gasteiger partial charge in [-0.2, -0.15) is 0 Å². The van der Waals surface area contributed by atoms with E-state index < -0.39 is 0 Å².